The number of ketones is 2. The van der Waals surface area contributed by atoms with E-state index in [1.807, 2.05) is 44.2 Å². The van der Waals surface area contributed by atoms with Gasteiger partial charge in [0.25, 0.3) is 5.91 Å². The zero-order valence-electron chi connectivity index (χ0n) is 19.6. The molecule has 0 fully saturated rings. The van der Waals surface area contributed by atoms with Crippen molar-refractivity contribution in [1.29, 1.82) is 0 Å². The highest BCUT2D eigenvalue weighted by atomic mass is 16.5. The molecule has 1 aliphatic rings. The molecule has 1 aliphatic heterocycles. The molecule has 182 valence electrons. The predicted molar refractivity (Wildman–Crippen MR) is 125 cm³/mol. The van der Waals surface area contributed by atoms with Gasteiger partial charge in [0.1, 0.15) is 6.61 Å². The lowest BCUT2D eigenvalue weighted by Crippen LogP contribution is -2.46. The number of hydrogen-bond donors (Lipinski definition) is 3. The normalized spacial score (nSPS) is 17.8. The number of nitrogens with one attached hydrogen (secondary N) is 3. The highest BCUT2D eigenvalue weighted by Gasteiger charge is 2.32. The number of hydrogen-bond acceptors (Lipinski definition) is 6. The van der Waals surface area contributed by atoms with Crippen LogP contribution in [0.1, 0.15) is 49.9 Å². The number of rotatable bonds is 7. The minimum Gasteiger partial charge on any atom is -0.445 e. The van der Waals surface area contributed by atoms with Crippen molar-refractivity contribution < 1.29 is 23.9 Å². The molecule has 2 amide bonds. The number of carbonyl (C=O) groups excluding carboxylic acids is 4. The molecule has 0 aliphatic carbocycles. The van der Waals surface area contributed by atoms with Gasteiger partial charge in [-0.25, -0.2) is 4.79 Å². The number of Topliss-reactive ketones (excluding diaryl/α,β-unsaturated/α-hetero) is 2. The van der Waals surface area contributed by atoms with Gasteiger partial charge in [-0.1, -0.05) is 44.2 Å². The summed E-state index contributed by atoms with van der Waals surface area (Å²) in [6.45, 7) is 4.07. The SMILES string of the molecule is CC(C)C(NC(=O)OCc1ccccc1)C(=O)CC1CCc2cn[nH]c2CCCNC(=O)C1=O. The van der Waals surface area contributed by atoms with Crippen LogP contribution in [0.4, 0.5) is 4.79 Å². The molecule has 2 heterocycles. The number of ether oxygens (including phenoxy) is 1. The van der Waals surface area contributed by atoms with E-state index in [9.17, 15) is 19.2 Å². The fourth-order valence-corrected chi connectivity index (χ4v) is 4.05. The van der Waals surface area contributed by atoms with Crippen molar-refractivity contribution in [2.45, 2.75) is 58.6 Å². The molecule has 1 aromatic heterocycles. The Labute approximate surface area is 199 Å². The molecular formula is C25H32N4O5. The maximum Gasteiger partial charge on any atom is 0.408 e. The van der Waals surface area contributed by atoms with Gasteiger partial charge in [-0.3, -0.25) is 19.5 Å². The van der Waals surface area contributed by atoms with Gasteiger partial charge in [-0.15, -0.1) is 0 Å². The number of amides is 2. The Morgan fingerprint density at radius 1 is 1.18 bits per heavy atom. The molecule has 0 radical (unpaired) electrons. The fourth-order valence-electron chi connectivity index (χ4n) is 4.05. The predicted octanol–water partition coefficient (Wildman–Crippen LogP) is 2.50. The average molecular weight is 469 g/mol. The number of fused-ring (bicyclic) bond motifs is 1. The first kappa shape index (κ1) is 25.1. The van der Waals surface area contributed by atoms with E-state index in [0.717, 1.165) is 23.2 Å². The van der Waals surface area contributed by atoms with E-state index >= 15 is 0 Å². The van der Waals surface area contributed by atoms with Crippen LogP contribution < -0.4 is 10.6 Å². The molecular weight excluding hydrogens is 436 g/mol. The largest absolute Gasteiger partial charge is 0.445 e. The summed E-state index contributed by atoms with van der Waals surface area (Å²) in [7, 11) is 0. The number of aromatic nitrogens is 2. The molecule has 2 atom stereocenters. The van der Waals surface area contributed by atoms with Crippen LogP contribution in [0.2, 0.25) is 0 Å². The molecule has 1 aromatic carbocycles. The molecule has 0 saturated heterocycles. The van der Waals surface area contributed by atoms with E-state index in [1.165, 1.54) is 0 Å². The summed E-state index contributed by atoms with van der Waals surface area (Å²) in [6, 6.07) is 8.40. The molecule has 0 bridgehead atoms. The Bertz CT molecular complexity index is 1000. The van der Waals surface area contributed by atoms with E-state index in [-0.39, 0.29) is 24.7 Å². The Hall–Kier alpha value is -3.49. The van der Waals surface area contributed by atoms with Crippen LogP contribution in [0.3, 0.4) is 0 Å². The molecule has 0 spiro atoms. The lowest BCUT2D eigenvalue weighted by molar-refractivity contribution is -0.141. The van der Waals surface area contributed by atoms with Crippen molar-refractivity contribution in [3.05, 3.63) is 53.3 Å². The van der Waals surface area contributed by atoms with Gasteiger partial charge in [0.2, 0.25) is 5.78 Å². The van der Waals surface area contributed by atoms with Crippen molar-refractivity contribution >= 4 is 23.6 Å². The van der Waals surface area contributed by atoms with Crippen molar-refractivity contribution in [3.8, 4) is 0 Å². The second-order valence-corrected chi connectivity index (χ2v) is 8.93. The van der Waals surface area contributed by atoms with E-state index in [2.05, 4.69) is 20.8 Å². The minimum absolute atomic E-state index is 0.0833. The van der Waals surface area contributed by atoms with Crippen LogP contribution >= 0.6 is 0 Å². The highest BCUT2D eigenvalue weighted by molar-refractivity contribution is 6.37. The average Bonchev–Trinajstić information content (AvgIpc) is 3.27. The lowest BCUT2D eigenvalue weighted by atomic mass is 9.86. The molecule has 2 aromatic rings. The summed E-state index contributed by atoms with van der Waals surface area (Å²) >= 11 is 0. The van der Waals surface area contributed by atoms with E-state index in [4.69, 9.17) is 4.74 Å². The lowest BCUT2D eigenvalue weighted by Gasteiger charge is -2.23. The summed E-state index contributed by atoms with van der Waals surface area (Å²) in [5.74, 6) is -2.58. The van der Waals surface area contributed by atoms with Gasteiger partial charge < -0.3 is 15.4 Å². The second-order valence-electron chi connectivity index (χ2n) is 8.93. The number of benzene rings is 1. The van der Waals surface area contributed by atoms with E-state index in [0.29, 0.717) is 25.8 Å². The third kappa shape index (κ3) is 7.00. The van der Waals surface area contributed by atoms with Gasteiger partial charge >= 0.3 is 6.09 Å². The molecule has 3 rings (SSSR count). The Balaban J connectivity index is 1.65. The number of carbonyl (C=O) groups is 4. The molecule has 3 N–H and O–H groups in total. The summed E-state index contributed by atoms with van der Waals surface area (Å²) in [6.07, 6.45) is 3.16. The van der Waals surface area contributed by atoms with Crippen LogP contribution in [0.15, 0.2) is 36.5 Å². The van der Waals surface area contributed by atoms with Gasteiger partial charge in [-0.2, -0.15) is 5.10 Å². The molecule has 0 saturated carbocycles. The maximum atomic E-state index is 13.2. The third-order valence-corrected chi connectivity index (χ3v) is 6.00. The number of H-pyrrole nitrogens is 1. The van der Waals surface area contributed by atoms with Crippen LogP contribution in [-0.4, -0.2) is 46.4 Å². The number of aryl methyl sites for hydroxylation is 2. The van der Waals surface area contributed by atoms with Gasteiger partial charge in [0.05, 0.1) is 12.2 Å². The number of nitrogens with zero attached hydrogens (tertiary/aromatic N) is 1. The molecule has 34 heavy (non-hydrogen) atoms. The third-order valence-electron chi connectivity index (χ3n) is 6.00. The van der Waals surface area contributed by atoms with Gasteiger partial charge in [-0.05, 0) is 42.7 Å². The van der Waals surface area contributed by atoms with Crippen LogP contribution in [0.25, 0.3) is 0 Å². The summed E-state index contributed by atoms with van der Waals surface area (Å²) < 4.78 is 5.25. The second kappa shape index (κ2) is 12.1. The summed E-state index contributed by atoms with van der Waals surface area (Å²) in [5, 5.41) is 12.3. The van der Waals surface area contributed by atoms with Crippen LogP contribution in [0.5, 0.6) is 0 Å². The topological polar surface area (TPSA) is 130 Å². The summed E-state index contributed by atoms with van der Waals surface area (Å²) in [4.78, 5) is 50.7. The van der Waals surface area contributed by atoms with Crippen molar-refractivity contribution in [1.82, 2.24) is 20.8 Å². The highest BCUT2D eigenvalue weighted by Crippen LogP contribution is 2.20. The smallest absolute Gasteiger partial charge is 0.408 e. The van der Waals surface area contributed by atoms with Crippen molar-refractivity contribution in [3.63, 3.8) is 0 Å². The molecule has 9 heteroatoms. The Morgan fingerprint density at radius 3 is 2.68 bits per heavy atom. The van der Waals surface area contributed by atoms with Crippen molar-refractivity contribution in [2.75, 3.05) is 6.54 Å². The maximum absolute atomic E-state index is 13.2. The minimum atomic E-state index is -0.832. The first-order valence-electron chi connectivity index (χ1n) is 11.7. The summed E-state index contributed by atoms with van der Waals surface area (Å²) in [5.41, 5.74) is 2.80. The number of aromatic amines is 1. The molecule has 2 unspecified atom stereocenters. The number of alkyl carbamates (subject to hydrolysis) is 1. The Morgan fingerprint density at radius 2 is 1.94 bits per heavy atom. The zero-order valence-corrected chi connectivity index (χ0v) is 19.6. The first-order valence-corrected chi connectivity index (χ1v) is 11.7. The van der Waals surface area contributed by atoms with E-state index in [1.54, 1.807) is 6.20 Å². The quantitative estimate of drug-likeness (QED) is 0.535. The van der Waals surface area contributed by atoms with Crippen LogP contribution in [0, 0.1) is 11.8 Å². The van der Waals surface area contributed by atoms with Gasteiger partial charge in [0.15, 0.2) is 5.78 Å². The zero-order chi connectivity index (χ0) is 24.5. The van der Waals surface area contributed by atoms with Crippen molar-refractivity contribution in [2.24, 2.45) is 11.8 Å². The molecule has 9 nitrogen and oxygen atoms in total. The fraction of sp³-hybridized carbons (Fsp3) is 0.480. The first-order chi connectivity index (χ1) is 16.3. The monoisotopic (exact) mass is 468 g/mol. The standard InChI is InChI=1S/C25H32N4O5/c1-16(2)22(28-25(33)34-15-17-7-4-3-5-8-17)21(30)13-18-10-11-19-14-27-29-20(19)9-6-12-26-24(32)23(18)31/h3-5,7-8,14,16,18,22H,6,9-13,15H2,1-2H3,(H,26,32)(H,27,29)(H,28,33). The Kier molecular flexibility index (Phi) is 8.95. The van der Waals surface area contributed by atoms with Gasteiger partial charge in [0, 0.05) is 24.6 Å². The van der Waals surface area contributed by atoms with E-state index < -0.39 is 29.7 Å². The van der Waals surface area contributed by atoms with Crippen LogP contribution in [-0.2, 0) is 38.6 Å².